The molecule has 2 rings (SSSR count). The lowest BCUT2D eigenvalue weighted by Gasteiger charge is -2.29. The fraction of sp³-hybridized carbons (Fsp3) is 0.440. The summed E-state index contributed by atoms with van der Waals surface area (Å²) in [6.45, 7) is 9.19. The molecule has 0 aliphatic heterocycles. The van der Waals surface area contributed by atoms with Crippen molar-refractivity contribution < 1.29 is 9.59 Å². The highest BCUT2D eigenvalue weighted by Crippen LogP contribution is 2.18. The van der Waals surface area contributed by atoms with E-state index in [-0.39, 0.29) is 11.8 Å². The Labute approximate surface area is 189 Å². The number of carbonyl (C=O) groups excluding carboxylic acids is 2. The number of aryl methyl sites for hydroxylation is 1. The number of carbonyl (C=O) groups is 2. The van der Waals surface area contributed by atoms with Crippen LogP contribution in [0, 0.1) is 0 Å². The summed E-state index contributed by atoms with van der Waals surface area (Å²) in [5, 5.41) is 2.91. The monoisotopic (exact) mass is 472 g/mol. The average Bonchev–Trinajstić information content (AvgIpc) is 2.75. The number of halogens is 1. The maximum Gasteiger partial charge on any atom is 0.242 e. The number of nitrogens with one attached hydrogen (secondary N) is 1. The normalized spacial score (nSPS) is 11.9. The van der Waals surface area contributed by atoms with Gasteiger partial charge in [0.25, 0.3) is 0 Å². The first kappa shape index (κ1) is 24.1. The highest BCUT2D eigenvalue weighted by atomic mass is 79.9. The van der Waals surface area contributed by atoms with E-state index in [0.29, 0.717) is 31.8 Å². The number of hydrogen-bond acceptors (Lipinski definition) is 2. The second-order valence-electron chi connectivity index (χ2n) is 8.01. The summed E-state index contributed by atoms with van der Waals surface area (Å²) in [5.41, 5.74) is 3.44. The molecule has 0 saturated carbocycles. The maximum absolute atomic E-state index is 13.1. The minimum absolute atomic E-state index is 0.00926. The summed E-state index contributed by atoms with van der Waals surface area (Å²) in [6.07, 6.45) is 1.91. The van der Waals surface area contributed by atoms with Gasteiger partial charge in [-0.05, 0) is 54.5 Å². The number of rotatable bonds is 10. The molecule has 0 unspecified atom stereocenters. The number of hydrogen-bond donors (Lipinski definition) is 1. The van der Waals surface area contributed by atoms with Crippen molar-refractivity contribution >= 4 is 27.7 Å². The van der Waals surface area contributed by atoms with E-state index in [9.17, 15) is 9.59 Å². The molecule has 2 aromatic carbocycles. The van der Waals surface area contributed by atoms with Crippen LogP contribution in [-0.4, -0.2) is 29.3 Å². The van der Waals surface area contributed by atoms with Crippen molar-refractivity contribution in [3.05, 3.63) is 69.7 Å². The molecule has 30 heavy (non-hydrogen) atoms. The first-order valence-electron chi connectivity index (χ1n) is 10.7. The fourth-order valence-corrected chi connectivity index (χ4v) is 3.49. The summed E-state index contributed by atoms with van der Waals surface area (Å²) in [4.78, 5) is 27.4. The van der Waals surface area contributed by atoms with Crippen LogP contribution >= 0.6 is 15.9 Å². The van der Waals surface area contributed by atoms with E-state index in [0.717, 1.165) is 22.0 Å². The third-order valence-electron chi connectivity index (χ3n) is 5.26. The fourth-order valence-electron chi connectivity index (χ4n) is 3.23. The van der Waals surface area contributed by atoms with E-state index >= 15 is 0 Å². The first-order chi connectivity index (χ1) is 14.3. The lowest BCUT2D eigenvalue weighted by Crippen LogP contribution is -2.47. The molecule has 2 amide bonds. The van der Waals surface area contributed by atoms with Gasteiger partial charge < -0.3 is 10.2 Å². The van der Waals surface area contributed by atoms with E-state index in [1.165, 1.54) is 5.56 Å². The van der Waals surface area contributed by atoms with Crippen LogP contribution in [0.4, 0.5) is 0 Å². The molecule has 162 valence electrons. The first-order valence-corrected chi connectivity index (χ1v) is 11.5. The van der Waals surface area contributed by atoms with Crippen LogP contribution < -0.4 is 5.32 Å². The van der Waals surface area contributed by atoms with Crippen molar-refractivity contribution in [3.8, 4) is 0 Å². The van der Waals surface area contributed by atoms with E-state index in [4.69, 9.17) is 0 Å². The zero-order valence-corrected chi connectivity index (χ0v) is 20.0. The summed E-state index contributed by atoms with van der Waals surface area (Å²) in [5.74, 6) is 0.373. The second-order valence-corrected chi connectivity index (χ2v) is 8.93. The van der Waals surface area contributed by atoms with Gasteiger partial charge in [-0.2, -0.15) is 0 Å². The summed E-state index contributed by atoms with van der Waals surface area (Å²) < 4.78 is 0.989. The smallest absolute Gasteiger partial charge is 0.242 e. The van der Waals surface area contributed by atoms with Crippen molar-refractivity contribution in [1.29, 1.82) is 0 Å². The van der Waals surface area contributed by atoms with Crippen LogP contribution in [0.1, 0.15) is 63.1 Å². The molecular weight excluding hydrogens is 440 g/mol. The molecule has 0 saturated heterocycles. The van der Waals surface area contributed by atoms with Crippen LogP contribution in [0.2, 0.25) is 0 Å². The zero-order valence-electron chi connectivity index (χ0n) is 18.5. The Balaban J connectivity index is 2.09. The Morgan fingerprint density at radius 3 is 2.13 bits per heavy atom. The van der Waals surface area contributed by atoms with E-state index < -0.39 is 6.04 Å². The Kier molecular flexibility index (Phi) is 9.57. The highest BCUT2D eigenvalue weighted by Gasteiger charge is 2.25. The topological polar surface area (TPSA) is 49.4 Å². The molecule has 0 aliphatic carbocycles. The van der Waals surface area contributed by atoms with Crippen LogP contribution in [0.25, 0.3) is 0 Å². The van der Waals surface area contributed by atoms with Gasteiger partial charge in [-0.15, -0.1) is 0 Å². The van der Waals surface area contributed by atoms with Gasteiger partial charge in [0.05, 0.1) is 0 Å². The van der Waals surface area contributed by atoms with Crippen LogP contribution in [-0.2, 0) is 22.6 Å². The summed E-state index contributed by atoms with van der Waals surface area (Å²) in [6, 6.07) is 15.8. The third kappa shape index (κ3) is 7.28. The van der Waals surface area contributed by atoms with Gasteiger partial charge in [0.1, 0.15) is 6.04 Å². The molecule has 1 N–H and O–H groups in total. The quantitative estimate of drug-likeness (QED) is 0.499. The predicted molar refractivity (Wildman–Crippen MR) is 126 cm³/mol. The van der Waals surface area contributed by atoms with Crippen molar-refractivity contribution in [3.63, 3.8) is 0 Å². The number of benzene rings is 2. The van der Waals surface area contributed by atoms with Gasteiger partial charge in [-0.1, -0.05) is 73.1 Å². The van der Waals surface area contributed by atoms with Gasteiger partial charge in [-0.25, -0.2) is 0 Å². The third-order valence-corrected chi connectivity index (χ3v) is 5.79. The van der Waals surface area contributed by atoms with E-state index in [1.807, 2.05) is 31.2 Å². The molecule has 0 aromatic heterocycles. The van der Waals surface area contributed by atoms with Gasteiger partial charge >= 0.3 is 0 Å². The van der Waals surface area contributed by atoms with Crippen molar-refractivity contribution in [1.82, 2.24) is 10.2 Å². The minimum Gasteiger partial charge on any atom is -0.354 e. The SMILES string of the molecule is CCCNC(=O)[C@@H](C)N(Cc1ccc(Br)cc1)C(=O)CCc1ccc(C(C)C)cc1. The van der Waals surface area contributed by atoms with Gasteiger partial charge in [0.2, 0.25) is 11.8 Å². The molecule has 5 heteroatoms. The molecule has 1 atom stereocenters. The largest absolute Gasteiger partial charge is 0.354 e. The Morgan fingerprint density at radius 1 is 0.967 bits per heavy atom. The maximum atomic E-state index is 13.1. The molecular formula is C25H33BrN2O2. The Hall–Kier alpha value is -2.14. The number of amides is 2. The van der Waals surface area contributed by atoms with Crippen LogP contribution in [0.15, 0.2) is 53.0 Å². The van der Waals surface area contributed by atoms with Crippen molar-refractivity contribution in [2.45, 2.75) is 65.5 Å². The molecule has 0 fully saturated rings. The van der Waals surface area contributed by atoms with Gasteiger partial charge in [0, 0.05) is 24.0 Å². The number of nitrogens with zero attached hydrogens (tertiary/aromatic N) is 1. The van der Waals surface area contributed by atoms with Crippen molar-refractivity contribution in [2.24, 2.45) is 0 Å². The molecule has 4 nitrogen and oxygen atoms in total. The summed E-state index contributed by atoms with van der Waals surface area (Å²) >= 11 is 3.44. The van der Waals surface area contributed by atoms with Gasteiger partial charge in [-0.3, -0.25) is 9.59 Å². The second kappa shape index (κ2) is 11.9. The van der Waals surface area contributed by atoms with E-state index in [2.05, 4.69) is 59.4 Å². The van der Waals surface area contributed by atoms with E-state index in [1.54, 1.807) is 11.8 Å². The Morgan fingerprint density at radius 2 is 1.57 bits per heavy atom. The lowest BCUT2D eigenvalue weighted by molar-refractivity contribution is -0.140. The standard InChI is InChI=1S/C25H33BrN2O2/c1-5-16-27-25(30)19(4)28(17-21-8-13-23(26)14-9-21)24(29)15-10-20-6-11-22(12-7-20)18(2)3/h6-9,11-14,18-19H,5,10,15-17H2,1-4H3,(H,27,30)/t19-/m1/s1. The molecule has 0 heterocycles. The van der Waals surface area contributed by atoms with Crippen LogP contribution in [0.5, 0.6) is 0 Å². The molecule has 2 aromatic rings. The predicted octanol–water partition coefficient (Wildman–Crippen LogP) is 5.45. The van der Waals surface area contributed by atoms with Crippen LogP contribution in [0.3, 0.4) is 0 Å². The molecule has 0 radical (unpaired) electrons. The summed E-state index contributed by atoms with van der Waals surface area (Å²) in [7, 11) is 0. The Bertz CT molecular complexity index is 816. The van der Waals surface area contributed by atoms with Gasteiger partial charge in [0.15, 0.2) is 0 Å². The van der Waals surface area contributed by atoms with Crippen molar-refractivity contribution in [2.75, 3.05) is 6.54 Å². The zero-order chi connectivity index (χ0) is 22.1. The lowest BCUT2D eigenvalue weighted by atomic mass is 10.00. The average molecular weight is 473 g/mol. The molecule has 0 bridgehead atoms. The molecule has 0 aliphatic rings. The highest BCUT2D eigenvalue weighted by molar-refractivity contribution is 9.10. The molecule has 0 spiro atoms. The minimum atomic E-state index is -0.518.